The summed E-state index contributed by atoms with van der Waals surface area (Å²) in [5.41, 5.74) is 0. The largest absolute Gasteiger partial charge is 0.356 e. The minimum Gasteiger partial charge on any atom is -0.356 e. The average Bonchev–Trinajstić information content (AvgIpc) is 3.08. The van der Waals surface area contributed by atoms with E-state index in [0.717, 1.165) is 44.5 Å². The first kappa shape index (κ1) is 22.6. The van der Waals surface area contributed by atoms with Crippen molar-refractivity contribution in [2.45, 2.75) is 58.4 Å². The average molecular weight is 479 g/mol. The Hall–Kier alpha value is -0.410. The Morgan fingerprint density at radius 1 is 1.32 bits per heavy atom. The molecular formula is C18H34IN5S. The molecule has 5 nitrogen and oxygen atoms in total. The lowest BCUT2D eigenvalue weighted by Gasteiger charge is -2.35. The van der Waals surface area contributed by atoms with Crippen molar-refractivity contribution in [3.63, 3.8) is 0 Å². The number of rotatable bonds is 8. The number of guanidine groups is 1. The van der Waals surface area contributed by atoms with E-state index in [1.54, 1.807) is 0 Å². The van der Waals surface area contributed by atoms with Crippen molar-refractivity contribution in [1.82, 2.24) is 20.5 Å². The minimum absolute atomic E-state index is 0. The van der Waals surface area contributed by atoms with Crippen molar-refractivity contribution in [3.05, 3.63) is 16.1 Å². The molecule has 0 radical (unpaired) electrons. The third-order valence-electron chi connectivity index (χ3n) is 4.72. The van der Waals surface area contributed by atoms with Gasteiger partial charge in [-0.15, -0.1) is 35.3 Å². The lowest BCUT2D eigenvalue weighted by molar-refractivity contribution is 0.147. The van der Waals surface area contributed by atoms with Crippen LogP contribution in [0.3, 0.4) is 0 Å². The standard InChI is InChI=1S/C18H33N5S.HI/c1-4-15-8-6-7-12-23(15)13-11-21-18(19-3)20-10-9-17-22-14-16(5-2)24-17;/h14-15H,4-13H2,1-3H3,(H2,19,20,21);1H. The SMILES string of the molecule is CCc1cnc(CCNC(=NC)NCCN2CCCCC2CC)s1.I. The molecule has 1 aromatic rings. The van der Waals surface area contributed by atoms with Gasteiger partial charge in [-0.2, -0.15) is 0 Å². The third-order valence-corrected chi connectivity index (χ3v) is 5.92. The van der Waals surface area contributed by atoms with Crippen LogP contribution in [0.2, 0.25) is 0 Å². The third kappa shape index (κ3) is 7.78. The Morgan fingerprint density at radius 2 is 2.12 bits per heavy atom. The van der Waals surface area contributed by atoms with Crippen LogP contribution in [0.25, 0.3) is 0 Å². The molecule has 1 unspecified atom stereocenters. The van der Waals surface area contributed by atoms with Crippen LogP contribution in [-0.2, 0) is 12.8 Å². The molecule has 0 amide bonds. The van der Waals surface area contributed by atoms with Crippen LogP contribution < -0.4 is 10.6 Å². The van der Waals surface area contributed by atoms with Crippen LogP contribution in [0.1, 0.15) is 49.4 Å². The first-order chi connectivity index (χ1) is 11.8. The Labute approximate surface area is 174 Å². The molecule has 2 heterocycles. The molecule has 144 valence electrons. The van der Waals surface area contributed by atoms with E-state index in [-0.39, 0.29) is 24.0 Å². The molecule has 1 fully saturated rings. The van der Waals surface area contributed by atoms with Gasteiger partial charge in [-0.05, 0) is 32.2 Å². The molecule has 1 aliphatic rings. The number of piperidine rings is 1. The van der Waals surface area contributed by atoms with Crippen LogP contribution in [-0.4, -0.2) is 55.1 Å². The van der Waals surface area contributed by atoms with Crippen molar-refractivity contribution < 1.29 is 0 Å². The zero-order valence-electron chi connectivity index (χ0n) is 15.9. The highest BCUT2D eigenvalue weighted by Gasteiger charge is 2.19. The number of aliphatic imine (C=N–C) groups is 1. The van der Waals surface area contributed by atoms with Crippen LogP contribution >= 0.6 is 35.3 Å². The van der Waals surface area contributed by atoms with E-state index in [2.05, 4.69) is 39.4 Å². The summed E-state index contributed by atoms with van der Waals surface area (Å²) < 4.78 is 0. The van der Waals surface area contributed by atoms with E-state index in [9.17, 15) is 0 Å². The molecule has 0 bridgehead atoms. The summed E-state index contributed by atoms with van der Waals surface area (Å²) in [6, 6.07) is 0.771. The zero-order chi connectivity index (χ0) is 17.2. The number of hydrogen-bond donors (Lipinski definition) is 2. The van der Waals surface area contributed by atoms with Gasteiger partial charge in [0.1, 0.15) is 0 Å². The lowest BCUT2D eigenvalue weighted by atomic mass is 10.0. The number of nitrogens with zero attached hydrogens (tertiary/aromatic N) is 3. The number of nitrogens with one attached hydrogen (secondary N) is 2. The van der Waals surface area contributed by atoms with Gasteiger partial charge in [-0.25, -0.2) is 4.98 Å². The minimum atomic E-state index is 0. The van der Waals surface area contributed by atoms with E-state index >= 15 is 0 Å². The maximum atomic E-state index is 4.46. The summed E-state index contributed by atoms with van der Waals surface area (Å²) in [5.74, 6) is 0.896. The molecule has 1 aromatic heterocycles. The van der Waals surface area contributed by atoms with Crippen molar-refractivity contribution in [2.75, 3.05) is 33.2 Å². The summed E-state index contributed by atoms with van der Waals surface area (Å²) in [6.07, 6.45) is 9.38. The van der Waals surface area contributed by atoms with Gasteiger partial charge in [0.25, 0.3) is 0 Å². The maximum Gasteiger partial charge on any atom is 0.191 e. The fraction of sp³-hybridized carbons (Fsp3) is 0.778. The number of aromatic nitrogens is 1. The number of halogens is 1. The van der Waals surface area contributed by atoms with Gasteiger partial charge >= 0.3 is 0 Å². The van der Waals surface area contributed by atoms with Crippen molar-refractivity contribution in [1.29, 1.82) is 0 Å². The summed E-state index contributed by atoms with van der Waals surface area (Å²) in [5, 5.41) is 8.04. The molecule has 25 heavy (non-hydrogen) atoms. The molecule has 2 N–H and O–H groups in total. The molecular weight excluding hydrogens is 445 g/mol. The fourth-order valence-electron chi connectivity index (χ4n) is 3.27. The summed E-state index contributed by atoms with van der Waals surface area (Å²) in [4.78, 5) is 12.8. The Balaban J connectivity index is 0.00000312. The van der Waals surface area contributed by atoms with E-state index in [1.165, 1.54) is 42.1 Å². The highest BCUT2D eigenvalue weighted by Crippen LogP contribution is 2.18. The highest BCUT2D eigenvalue weighted by molar-refractivity contribution is 14.0. The first-order valence-corrected chi connectivity index (χ1v) is 10.2. The molecule has 0 spiro atoms. The van der Waals surface area contributed by atoms with Gasteiger partial charge < -0.3 is 10.6 Å². The molecule has 2 rings (SSSR count). The van der Waals surface area contributed by atoms with Crippen molar-refractivity contribution in [2.24, 2.45) is 4.99 Å². The van der Waals surface area contributed by atoms with Gasteiger partial charge in [-0.1, -0.05) is 20.3 Å². The smallest absolute Gasteiger partial charge is 0.191 e. The number of hydrogen-bond acceptors (Lipinski definition) is 4. The second kappa shape index (κ2) is 12.9. The number of likely N-dealkylation sites (tertiary alicyclic amines) is 1. The van der Waals surface area contributed by atoms with Crippen LogP contribution in [0, 0.1) is 0 Å². The quantitative estimate of drug-likeness (QED) is 0.342. The molecule has 0 saturated carbocycles. The van der Waals surface area contributed by atoms with Gasteiger partial charge in [-0.3, -0.25) is 9.89 Å². The van der Waals surface area contributed by atoms with Crippen LogP contribution in [0.5, 0.6) is 0 Å². The second-order valence-electron chi connectivity index (χ2n) is 6.34. The Morgan fingerprint density at radius 3 is 2.80 bits per heavy atom. The van der Waals surface area contributed by atoms with E-state index < -0.39 is 0 Å². The molecule has 1 atom stereocenters. The molecule has 1 aliphatic heterocycles. The number of thiazole rings is 1. The number of aryl methyl sites for hydroxylation is 1. The molecule has 0 aliphatic carbocycles. The van der Waals surface area contributed by atoms with Crippen LogP contribution in [0.4, 0.5) is 0 Å². The van der Waals surface area contributed by atoms with Gasteiger partial charge in [0, 0.05) is 50.2 Å². The van der Waals surface area contributed by atoms with E-state index in [0.29, 0.717) is 0 Å². The summed E-state index contributed by atoms with van der Waals surface area (Å²) in [7, 11) is 1.84. The van der Waals surface area contributed by atoms with E-state index in [1.807, 2.05) is 24.6 Å². The summed E-state index contributed by atoms with van der Waals surface area (Å²) >= 11 is 1.81. The molecule has 0 aromatic carbocycles. The molecule has 1 saturated heterocycles. The highest BCUT2D eigenvalue weighted by atomic mass is 127. The first-order valence-electron chi connectivity index (χ1n) is 9.39. The fourth-order valence-corrected chi connectivity index (χ4v) is 4.13. The maximum absolute atomic E-state index is 4.46. The summed E-state index contributed by atoms with van der Waals surface area (Å²) in [6.45, 7) is 8.65. The van der Waals surface area contributed by atoms with E-state index in [4.69, 9.17) is 0 Å². The Kier molecular flexibility index (Phi) is 11.6. The van der Waals surface area contributed by atoms with Crippen LogP contribution in [0.15, 0.2) is 11.2 Å². The second-order valence-corrected chi connectivity index (χ2v) is 7.54. The predicted molar refractivity (Wildman–Crippen MR) is 119 cm³/mol. The topological polar surface area (TPSA) is 52.6 Å². The van der Waals surface area contributed by atoms with Crippen molar-refractivity contribution in [3.8, 4) is 0 Å². The van der Waals surface area contributed by atoms with Gasteiger partial charge in [0.05, 0.1) is 5.01 Å². The van der Waals surface area contributed by atoms with Gasteiger partial charge in [0.2, 0.25) is 0 Å². The zero-order valence-corrected chi connectivity index (χ0v) is 19.0. The van der Waals surface area contributed by atoms with Crippen molar-refractivity contribution >= 4 is 41.3 Å². The normalized spacial score (nSPS) is 18.7. The lowest BCUT2D eigenvalue weighted by Crippen LogP contribution is -2.46. The van der Waals surface area contributed by atoms with Gasteiger partial charge in [0.15, 0.2) is 5.96 Å². The predicted octanol–water partition coefficient (Wildman–Crippen LogP) is 3.30. The Bertz CT molecular complexity index is 505. The monoisotopic (exact) mass is 479 g/mol. The molecule has 7 heteroatoms.